The molecule has 6 aromatic carbocycles. The van der Waals surface area contributed by atoms with Crippen LogP contribution in [0.15, 0.2) is 146 Å². The number of hydrogen-bond acceptors (Lipinski definition) is 4. The fourth-order valence-corrected chi connectivity index (χ4v) is 10.7. The minimum Gasteiger partial charge on any atom is -1.00 e. The van der Waals surface area contributed by atoms with Gasteiger partial charge in [-0.3, -0.25) is 4.79 Å². The second-order valence-electron chi connectivity index (χ2n) is 11.4. The maximum Gasteiger partial charge on any atom is 0.193 e. The molecule has 0 aliphatic rings. The highest BCUT2D eigenvalue weighted by Crippen LogP contribution is 2.60. The van der Waals surface area contributed by atoms with Gasteiger partial charge in [0, 0.05) is 22.8 Å². The third kappa shape index (κ3) is 6.83. The third-order valence-electron chi connectivity index (χ3n) is 8.55. The standard InChI is InChI=1S/C42H35NO3P.BrH/c1-30-11-10-12-32(25-30)29-47(36-13-6-4-7-14-36,37-15-8-5-9-16-37)41-27-35(46-3)22-24-39(41)38-23-17-31(28-43)26-40(38)42(44)33-18-20-34(45-2)21-19-33;/h4-27H,29H2,1-3H3;1H/q+1;/p-1. The van der Waals surface area contributed by atoms with Gasteiger partial charge in [0.25, 0.3) is 0 Å². The molecule has 0 aromatic heterocycles. The number of methoxy groups -OCH3 is 2. The summed E-state index contributed by atoms with van der Waals surface area (Å²) < 4.78 is 11.2. The molecule has 0 fully saturated rings. The molecule has 0 amide bonds. The second kappa shape index (κ2) is 15.3. The van der Waals surface area contributed by atoms with Gasteiger partial charge in [0.15, 0.2) is 5.78 Å². The van der Waals surface area contributed by atoms with Crippen molar-refractivity contribution in [3.05, 3.63) is 173 Å². The average molecular weight is 713 g/mol. The summed E-state index contributed by atoms with van der Waals surface area (Å²) in [6.45, 7) is 2.12. The van der Waals surface area contributed by atoms with Crippen molar-refractivity contribution in [1.82, 2.24) is 0 Å². The third-order valence-corrected chi connectivity index (χ3v) is 12.9. The summed E-state index contributed by atoms with van der Waals surface area (Å²) >= 11 is 0. The number of carbonyl (C=O) groups is 1. The highest BCUT2D eigenvalue weighted by Gasteiger charge is 2.47. The van der Waals surface area contributed by atoms with Crippen LogP contribution >= 0.6 is 7.26 Å². The zero-order valence-corrected chi connectivity index (χ0v) is 29.5. The molecule has 48 heavy (non-hydrogen) atoms. The molecule has 0 heterocycles. The summed E-state index contributed by atoms with van der Waals surface area (Å²) in [7, 11) is 0.822. The number of benzene rings is 6. The van der Waals surface area contributed by atoms with Crippen molar-refractivity contribution in [3.8, 4) is 28.7 Å². The van der Waals surface area contributed by atoms with Crippen LogP contribution in [0.4, 0.5) is 0 Å². The fourth-order valence-electron chi connectivity index (χ4n) is 6.26. The van der Waals surface area contributed by atoms with Crippen LogP contribution in [0.2, 0.25) is 0 Å². The molecule has 0 bridgehead atoms. The number of aryl methyl sites for hydroxylation is 1. The summed E-state index contributed by atoms with van der Waals surface area (Å²) in [6, 6.07) is 51.0. The Bertz CT molecular complexity index is 2030. The van der Waals surface area contributed by atoms with Crippen LogP contribution in [0.1, 0.15) is 32.6 Å². The van der Waals surface area contributed by atoms with E-state index >= 15 is 0 Å². The number of nitriles is 1. The molecule has 0 aliphatic heterocycles. The Morgan fingerprint density at radius 3 is 1.85 bits per heavy atom. The maximum atomic E-state index is 14.3. The molecule has 0 atom stereocenters. The van der Waals surface area contributed by atoms with Crippen LogP contribution in [-0.4, -0.2) is 20.0 Å². The van der Waals surface area contributed by atoms with Crippen molar-refractivity contribution in [2.45, 2.75) is 13.1 Å². The van der Waals surface area contributed by atoms with Gasteiger partial charge in [0.1, 0.15) is 34.7 Å². The second-order valence-corrected chi connectivity index (χ2v) is 14.9. The summed E-state index contributed by atoms with van der Waals surface area (Å²) in [5.41, 5.74) is 5.54. The highest BCUT2D eigenvalue weighted by molar-refractivity contribution is 7.95. The smallest absolute Gasteiger partial charge is 0.193 e. The number of ether oxygens (including phenoxy) is 2. The lowest BCUT2D eigenvalue weighted by Crippen LogP contribution is -3.00. The van der Waals surface area contributed by atoms with Gasteiger partial charge in [-0.05, 0) is 90.8 Å². The molecule has 0 aliphatic carbocycles. The Balaban J connectivity index is 0.00000451. The first-order valence-electron chi connectivity index (χ1n) is 15.4. The normalized spacial score (nSPS) is 10.8. The molecule has 6 aromatic rings. The molecule has 0 saturated carbocycles. The Morgan fingerprint density at radius 1 is 0.667 bits per heavy atom. The van der Waals surface area contributed by atoms with Crippen molar-refractivity contribution < 1.29 is 31.2 Å². The van der Waals surface area contributed by atoms with E-state index in [1.165, 1.54) is 21.7 Å². The zero-order chi connectivity index (χ0) is 32.8. The topological polar surface area (TPSA) is 59.3 Å². The van der Waals surface area contributed by atoms with Gasteiger partial charge in [-0.1, -0.05) is 72.3 Å². The molecule has 6 heteroatoms. The van der Waals surface area contributed by atoms with Gasteiger partial charge in [-0.2, -0.15) is 5.26 Å². The van der Waals surface area contributed by atoms with Crippen LogP contribution in [0.25, 0.3) is 11.1 Å². The molecule has 4 nitrogen and oxygen atoms in total. The van der Waals surface area contributed by atoms with Gasteiger partial charge in [-0.15, -0.1) is 0 Å². The fraction of sp³-hybridized carbons (Fsp3) is 0.0952. The van der Waals surface area contributed by atoms with Gasteiger partial charge in [0.2, 0.25) is 0 Å². The molecular weight excluding hydrogens is 677 g/mol. The molecule has 0 spiro atoms. The monoisotopic (exact) mass is 711 g/mol. The molecule has 238 valence electrons. The van der Waals surface area contributed by atoms with Crippen molar-refractivity contribution in [1.29, 1.82) is 5.26 Å². The number of carbonyl (C=O) groups excluding carboxylic acids is 1. The van der Waals surface area contributed by atoms with E-state index in [2.05, 4.69) is 110 Å². The molecule has 0 saturated heterocycles. The van der Waals surface area contributed by atoms with Crippen LogP contribution in [0, 0.1) is 18.3 Å². The largest absolute Gasteiger partial charge is 1.00 e. The van der Waals surface area contributed by atoms with E-state index in [-0.39, 0.29) is 22.8 Å². The Labute approximate surface area is 293 Å². The first kappa shape index (κ1) is 34.3. The number of rotatable bonds is 10. The Morgan fingerprint density at radius 2 is 1.27 bits per heavy atom. The number of halogens is 1. The van der Waals surface area contributed by atoms with Crippen molar-refractivity contribution >= 4 is 29.0 Å². The average Bonchev–Trinajstić information content (AvgIpc) is 3.14. The van der Waals surface area contributed by atoms with E-state index in [1.54, 1.807) is 50.6 Å². The summed E-state index contributed by atoms with van der Waals surface area (Å²) in [5.74, 6) is 1.24. The van der Waals surface area contributed by atoms with Crippen LogP contribution in [0.3, 0.4) is 0 Å². The predicted octanol–water partition coefficient (Wildman–Crippen LogP) is 5.28. The van der Waals surface area contributed by atoms with Crippen LogP contribution in [-0.2, 0) is 6.16 Å². The Hall–Kier alpha value is -5.01. The van der Waals surface area contributed by atoms with Gasteiger partial charge < -0.3 is 26.5 Å². The van der Waals surface area contributed by atoms with Gasteiger partial charge in [-0.25, -0.2) is 0 Å². The van der Waals surface area contributed by atoms with E-state index < -0.39 is 7.26 Å². The van der Waals surface area contributed by atoms with E-state index in [4.69, 9.17) is 9.47 Å². The quantitative estimate of drug-likeness (QED) is 0.143. The molecule has 0 N–H and O–H groups in total. The first-order valence-corrected chi connectivity index (χ1v) is 17.4. The predicted molar refractivity (Wildman–Crippen MR) is 193 cm³/mol. The number of nitrogens with zero attached hydrogens (tertiary/aromatic N) is 1. The first-order chi connectivity index (χ1) is 23.0. The zero-order valence-electron chi connectivity index (χ0n) is 27.1. The highest BCUT2D eigenvalue weighted by atomic mass is 79.9. The molecule has 0 radical (unpaired) electrons. The number of hydrogen-bond donors (Lipinski definition) is 0. The van der Waals surface area contributed by atoms with Crippen LogP contribution < -0.4 is 42.4 Å². The SMILES string of the molecule is COc1ccc(C(=O)c2cc(C#N)ccc2-c2ccc(OC)cc2[P+](Cc2cccc(C)c2)(c2ccccc2)c2ccccc2)cc1.[Br-]. The van der Waals surface area contributed by atoms with Gasteiger partial charge >= 0.3 is 0 Å². The van der Waals surface area contributed by atoms with Crippen molar-refractivity contribution in [3.63, 3.8) is 0 Å². The lowest BCUT2D eigenvalue weighted by atomic mass is 9.92. The molecular formula is C42H35BrNO3P. The van der Waals surface area contributed by atoms with E-state index in [0.717, 1.165) is 28.3 Å². The Kier molecular flexibility index (Phi) is 10.9. The summed E-state index contributed by atoms with van der Waals surface area (Å²) in [4.78, 5) is 14.3. The van der Waals surface area contributed by atoms with E-state index in [0.29, 0.717) is 22.4 Å². The minimum atomic E-state index is -2.46. The molecule has 0 unspecified atom stereocenters. The van der Waals surface area contributed by atoms with Crippen molar-refractivity contribution in [2.24, 2.45) is 0 Å². The van der Waals surface area contributed by atoms with Gasteiger partial charge in [0.05, 0.1) is 32.0 Å². The minimum absolute atomic E-state index is 0. The lowest BCUT2D eigenvalue weighted by molar-refractivity contribution is -0.0000173. The summed E-state index contributed by atoms with van der Waals surface area (Å²) in [5, 5.41) is 13.4. The maximum absolute atomic E-state index is 14.3. The van der Waals surface area contributed by atoms with Crippen LogP contribution in [0.5, 0.6) is 11.5 Å². The summed E-state index contributed by atoms with van der Waals surface area (Å²) in [6.07, 6.45) is 0.765. The van der Waals surface area contributed by atoms with E-state index in [1.807, 2.05) is 12.1 Å². The van der Waals surface area contributed by atoms with Crippen molar-refractivity contribution in [2.75, 3.05) is 14.2 Å². The van der Waals surface area contributed by atoms with E-state index in [9.17, 15) is 10.1 Å². The lowest BCUT2D eigenvalue weighted by Gasteiger charge is -2.30. The number of ketones is 1. The molecule has 6 rings (SSSR count).